The molecule has 3 aliphatic rings. The number of halogens is 1. The van der Waals surface area contributed by atoms with Crippen LogP contribution in [-0.2, 0) is 40.0 Å². The number of nitrogens with one attached hydrogen (secondary N) is 1. The van der Waals surface area contributed by atoms with Crippen molar-refractivity contribution < 1.29 is 22.3 Å². The number of amides is 1. The molecule has 2 aliphatic heterocycles. The van der Waals surface area contributed by atoms with E-state index in [-0.39, 0.29) is 33.5 Å². The molecule has 13 heteroatoms. The predicted molar refractivity (Wildman–Crippen MR) is 196 cm³/mol. The minimum Gasteiger partial charge on any atom is -0.446 e. The van der Waals surface area contributed by atoms with Crippen LogP contribution in [0.15, 0.2) is 83.1 Å². The average molecular weight is 732 g/mol. The Morgan fingerprint density at radius 1 is 1.06 bits per heavy atom. The molecule has 11 nitrogen and oxygen atoms in total. The second-order valence-corrected chi connectivity index (χ2v) is 16.7. The van der Waals surface area contributed by atoms with Gasteiger partial charge in [-0.05, 0) is 93.1 Å². The van der Waals surface area contributed by atoms with E-state index in [0.29, 0.717) is 12.5 Å². The maximum Gasteiger partial charge on any atom is 0.407 e. The lowest BCUT2D eigenvalue weighted by atomic mass is 9.58. The Balaban J connectivity index is 1.05. The Morgan fingerprint density at radius 2 is 1.83 bits per heavy atom. The molecule has 0 spiro atoms. The minimum absolute atomic E-state index is 0.0289. The van der Waals surface area contributed by atoms with Crippen molar-refractivity contribution in [2.75, 3.05) is 44.7 Å². The van der Waals surface area contributed by atoms with Gasteiger partial charge in [0.1, 0.15) is 22.6 Å². The first-order valence-electron chi connectivity index (χ1n) is 18.6. The molecule has 4 aromatic rings. The normalized spacial score (nSPS) is 21.5. The number of rotatable bonds is 12. The zero-order valence-corrected chi connectivity index (χ0v) is 31.1. The van der Waals surface area contributed by atoms with Crippen LogP contribution in [0, 0.1) is 23.6 Å². The molecule has 7 rings (SSSR count). The topological polar surface area (TPSA) is 115 Å². The van der Waals surface area contributed by atoms with E-state index in [1.165, 1.54) is 23.1 Å². The van der Waals surface area contributed by atoms with E-state index in [1.807, 2.05) is 30.6 Å². The fraction of sp³-hybridized carbons (Fsp3) is 0.513. The van der Waals surface area contributed by atoms with Crippen molar-refractivity contribution in [2.45, 2.75) is 73.3 Å². The summed E-state index contributed by atoms with van der Waals surface area (Å²) in [6.45, 7) is 7.49. The largest absolute Gasteiger partial charge is 0.446 e. The molecule has 278 valence electrons. The highest BCUT2D eigenvalue weighted by molar-refractivity contribution is 7.91. The lowest BCUT2D eigenvalue weighted by molar-refractivity contribution is 0.00161. The summed E-state index contributed by atoms with van der Waals surface area (Å²) in [4.78, 5) is 22.6. The molecule has 2 aromatic carbocycles. The summed E-state index contributed by atoms with van der Waals surface area (Å²) in [5.41, 5.74) is 1.54. The molecule has 3 fully saturated rings. The highest BCUT2D eigenvalue weighted by Gasteiger charge is 2.53. The third-order valence-corrected chi connectivity index (χ3v) is 13.5. The molecule has 4 heterocycles. The SMILES string of the molecule is CCc1nccn1CC(c1cccc(F)c1)(C1CCN(CC2CN(c3ccc(S(=O)(=O)c4cnn(C)c4)cc3)C2)CC1)[C@@H]1CCC[C@H]1OC(=O)NC. The van der Waals surface area contributed by atoms with Crippen LogP contribution in [-0.4, -0.2) is 84.6 Å². The number of alkyl carbamates (subject to hydrolysis) is 1. The minimum atomic E-state index is -3.60. The van der Waals surface area contributed by atoms with Gasteiger partial charge < -0.3 is 24.4 Å². The van der Waals surface area contributed by atoms with Gasteiger partial charge in [0.05, 0.1) is 11.1 Å². The van der Waals surface area contributed by atoms with Crippen molar-refractivity contribution in [2.24, 2.45) is 24.8 Å². The van der Waals surface area contributed by atoms with E-state index in [0.717, 1.165) is 88.3 Å². The summed E-state index contributed by atoms with van der Waals surface area (Å²) in [6.07, 6.45) is 11.5. The highest BCUT2D eigenvalue weighted by atomic mass is 32.2. The molecular weight excluding hydrogens is 682 g/mol. The standard InChI is InChI=1S/C39H50FN7O4S/c1-4-37-42-17-20-46(37)27-39(30-7-5-8-31(40)21-30,35-9-6-10-36(35)51-38(48)41-2)29-15-18-45(19-16-29)23-28-24-47(25-28)32-11-13-33(14-12-32)52(49,50)34-22-43-44(3)26-34/h5,7-8,11-14,17,20-22,26,28-29,35-36H,4,6,9-10,15-16,18-19,23-25,27H2,1-3H3,(H,41,48)/t35-,36-,39?/m1/s1. The van der Waals surface area contributed by atoms with E-state index >= 15 is 4.39 Å². The van der Waals surface area contributed by atoms with Crippen LogP contribution in [0.4, 0.5) is 14.9 Å². The molecule has 0 bridgehead atoms. The lowest BCUT2D eigenvalue weighted by Gasteiger charge is -2.51. The first-order valence-corrected chi connectivity index (χ1v) is 20.0. The molecule has 1 amide bonds. The van der Waals surface area contributed by atoms with Crippen LogP contribution in [0.5, 0.6) is 0 Å². The van der Waals surface area contributed by atoms with Crippen molar-refractivity contribution in [3.8, 4) is 0 Å². The summed E-state index contributed by atoms with van der Waals surface area (Å²) >= 11 is 0. The van der Waals surface area contributed by atoms with Gasteiger partial charge in [0.15, 0.2) is 0 Å². The monoisotopic (exact) mass is 731 g/mol. The van der Waals surface area contributed by atoms with E-state index in [1.54, 1.807) is 32.3 Å². The van der Waals surface area contributed by atoms with Crippen LogP contribution < -0.4 is 10.2 Å². The predicted octanol–water partition coefficient (Wildman–Crippen LogP) is 5.46. The Bertz CT molecular complexity index is 1950. The summed E-state index contributed by atoms with van der Waals surface area (Å²) < 4.78 is 50.9. The van der Waals surface area contributed by atoms with Gasteiger partial charge in [-0.3, -0.25) is 4.68 Å². The number of nitrogens with zero attached hydrogens (tertiary/aromatic N) is 6. The summed E-state index contributed by atoms with van der Waals surface area (Å²) in [5, 5.41) is 6.66. The molecule has 1 N–H and O–H groups in total. The number of hydrogen-bond acceptors (Lipinski definition) is 8. The molecule has 3 atom stereocenters. The van der Waals surface area contributed by atoms with Gasteiger partial charge in [0.2, 0.25) is 9.84 Å². The summed E-state index contributed by atoms with van der Waals surface area (Å²) in [7, 11) is -0.310. The number of carbonyl (C=O) groups excluding carboxylic acids is 1. The Hall–Kier alpha value is -4.23. The number of benzene rings is 2. The van der Waals surface area contributed by atoms with Crippen LogP contribution in [0.2, 0.25) is 0 Å². The fourth-order valence-electron chi connectivity index (χ4n) is 9.20. The Labute approximate surface area is 306 Å². The molecule has 2 saturated heterocycles. The molecule has 1 unspecified atom stereocenters. The number of anilines is 1. The Morgan fingerprint density at radius 3 is 2.50 bits per heavy atom. The zero-order chi connectivity index (χ0) is 36.5. The molecule has 0 radical (unpaired) electrons. The van der Waals surface area contributed by atoms with Crippen LogP contribution in [0.3, 0.4) is 0 Å². The molecule has 1 aliphatic carbocycles. The van der Waals surface area contributed by atoms with Crippen molar-refractivity contribution in [3.63, 3.8) is 0 Å². The van der Waals surface area contributed by atoms with Crippen molar-refractivity contribution in [1.29, 1.82) is 0 Å². The molecule has 1 saturated carbocycles. The average Bonchev–Trinajstić information content (AvgIpc) is 3.90. The quantitative estimate of drug-likeness (QED) is 0.205. The van der Waals surface area contributed by atoms with Gasteiger partial charge in [0.25, 0.3) is 0 Å². The van der Waals surface area contributed by atoms with Crippen molar-refractivity contribution in [1.82, 2.24) is 29.5 Å². The number of likely N-dealkylation sites (tertiary alicyclic amines) is 1. The van der Waals surface area contributed by atoms with Crippen LogP contribution in [0.1, 0.15) is 50.4 Å². The van der Waals surface area contributed by atoms with E-state index < -0.39 is 21.3 Å². The van der Waals surface area contributed by atoms with Gasteiger partial charge in [-0.25, -0.2) is 22.6 Å². The number of aromatic nitrogens is 4. The van der Waals surface area contributed by atoms with Crippen LogP contribution >= 0.6 is 0 Å². The maximum absolute atomic E-state index is 15.1. The second kappa shape index (κ2) is 15.0. The zero-order valence-electron chi connectivity index (χ0n) is 30.3. The lowest BCUT2D eigenvalue weighted by Crippen LogP contribution is -2.55. The summed E-state index contributed by atoms with van der Waals surface area (Å²) in [6, 6.07) is 14.3. The first-order chi connectivity index (χ1) is 25.1. The first kappa shape index (κ1) is 36.1. The third-order valence-electron chi connectivity index (χ3n) is 11.8. The number of carbonyl (C=O) groups is 1. The second-order valence-electron chi connectivity index (χ2n) is 14.8. The number of hydrogen-bond donors (Lipinski definition) is 1. The van der Waals surface area contributed by atoms with Gasteiger partial charge >= 0.3 is 6.09 Å². The third kappa shape index (κ3) is 7.09. The number of aryl methyl sites for hydroxylation is 2. The summed E-state index contributed by atoms with van der Waals surface area (Å²) in [5.74, 6) is 1.54. The van der Waals surface area contributed by atoms with Crippen LogP contribution in [0.25, 0.3) is 0 Å². The van der Waals surface area contributed by atoms with E-state index in [4.69, 9.17) is 4.74 Å². The maximum atomic E-state index is 15.1. The van der Waals surface area contributed by atoms with Crippen molar-refractivity contribution >= 4 is 21.6 Å². The molecule has 2 aromatic heterocycles. The van der Waals surface area contributed by atoms with E-state index in [2.05, 4.69) is 42.8 Å². The van der Waals surface area contributed by atoms with E-state index in [9.17, 15) is 13.2 Å². The van der Waals surface area contributed by atoms with Gasteiger partial charge in [-0.1, -0.05) is 19.1 Å². The number of sulfone groups is 1. The molecular formula is C39H50FN7O4S. The highest BCUT2D eigenvalue weighted by Crippen LogP contribution is 2.52. The van der Waals surface area contributed by atoms with Gasteiger partial charge in [-0.15, -0.1) is 0 Å². The number of ether oxygens (including phenoxy) is 1. The van der Waals surface area contributed by atoms with Gasteiger partial charge in [-0.2, -0.15) is 5.10 Å². The number of imidazole rings is 1. The molecule has 52 heavy (non-hydrogen) atoms. The smallest absolute Gasteiger partial charge is 0.407 e. The van der Waals surface area contributed by atoms with Crippen molar-refractivity contribution in [3.05, 3.63) is 90.5 Å². The Kier molecular flexibility index (Phi) is 10.4. The number of piperidine rings is 1. The fourth-order valence-corrected chi connectivity index (χ4v) is 10.4. The van der Waals surface area contributed by atoms with Gasteiger partial charge in [0, 0.05) is 88.2 Å².